The Hall–Kier alpha value is -2.31. The third kappa shape index (κ3) is 4.19. The number of fused-ring (bicyclic) bond motifs is 1. The highest BCUT2D eigenvalue weighted by Gasteiger charge is 2.28. The Balaban J connectivity index is 1.10. The Morgan fingerprint density at radius 1 is 0.828 bits per heavy atom. The van der Waals surface area contributed by atoms with Crippen LogP contribution >= 0.6 is 0 Å². The van der Waals surface area contributed by atoms with Gasteiger partial charge in [-0.25, -0.2) is 4.39 Å². The SMILES string of the molecule is Fc1ccc(CN2CCN(C3CCN(c4ccc5c(c4)OCO5)CC3)CC2)cc1. The van der Waals surface area contributed by atoms with Crippen LogP contribution in [0.5, 0.6) is 11.5 Å². The molecule has 5 nitrogen and oxygen atoms in total. The van der Waals surface area contributed by atoms with E-state index in [-0.39, 0.29) is 5.82 Å². The van der Waals surface area contributed by atoms with Crippen LogP contribution in [0.3, 0.4) is 0 Å². The normalized spacial score (nSPS) is 20.9. The number of piperidine rings is 1. The fourth-order valence-electron chi connectivity index (χ4n) is 4.71. The molecular formula is C23H28FN3O2. The Bertz CT molecular complexity index is 829. The van der Waals surface area contributed by atoms with E-state index in [0.717, 1.165) is 57.3 Å². The molecule has 0 radical (unpaired) electrons. The number of ether oxygens (including phenoxy) is 2. The second kappa shape index (κ2) is 8.20. The summed E-state index contributed by atoms with van der Waals surface area (Å²) in [7, 11) is 0. The van der Waals surface area contributed by atoms with Crippen molar-refractivity contribution in [3.05, 3.63) is 53.8 Å². The molecule has 3 aliphatic rings. The summed E-state index contributed by atoms with van der Waals surface area (Å²) < 4.78 is 24.0. The largest absolute Gasteiger partial charge is 0.454 e. The Morgan fingerprint density at radius 2 is 1.55 bits per heavy atom. The lowest BCUT2D eigenvalue weighted by molar-refractivity contribution is 0.0811. The van der Waals surface area contributed by atoms with E-state index in [4.69, 9.17) is 9.47 Å². The van der Waals surface area contributed by atoms with Crippen LogP contribution in [0.15, 0.2) is 42.5 Å². The van der Waals surface area contributed by atoms with Gasteiger partial charge in [0.15, 0.2) is 11.5 Å². The first-order chi connectivity index (χ1) is 14.2. The van der Waals surface area contributed by atoms with Crippen LogP contribution in [-0.2, 0) is 6.54 Å². The molecule has 0 bridgehead atoms. The van der Waals surface area contributed by atoms with E-state index in [2.05, 4.69) is 26.8 Å². The number of anilines is 1. The third-order valence-corrected chi connectivity index (χ3v) is 6.43. The van der Waals surface area contributed by atoms with Crippen LogP contribution in [0.2, 0.25) is 0 Å². The lowest BCUT2D eigenvalue weighted by Crippen LogP contribution is -2.53. The minimum atomic E-state index is -0.161. The number of hydrogen-bond acceptors (Lipinski definition) is 5. The summed E-state index contributed by atoms with van der Waals surface area (Å²) in [4.78, 5) is 7.60. The van der Waals surface area contributed by atoms with Gasteiger partial charge in [-0.15, -0.1) is 0 Å². The first-order valence-corrected chi connectivity index (χ1v) is 10.6. The van der Waals surface area contributed by atoms with Gasteiger partial charge in [0.05, 0.1) is 0 Å². The third-order valence-electron chi connectivity index (χ3n) is 6.43. The van der Waals surface area contributed by atoms with Gasteiger partial charge < -0.3 is 14.4 Å². The topological polar surface area (TPSA) is 28.2 Å². The molecule has 2 fully saturated rings. The van der Waals surface area contributed by atoms with Gasteiger partial charge in [0, 0.05) is 63.6 Å². The van der Waals surface area contributed by atoms with Crippen molar-refractivity contribution in [3.63, 3.8) is 0 Å². The first-order valence-electron chi connectivity index (χ1n) is 10.6. The van der Waals surface area contributed by atoms with Crippen molar-refractivity contribution in [2.75, 3.05) is 51.0 Å². The van der Waals surface area contributed by atoms with E-state index in [1.165, 1.54) is 24.1 Å². The average molecular weight is 397 g/mol. The van der Waals surface area contributed by atoms with Crippen molar-refractivity contribution in [2.24, 2.45) is 0 Å². The highest BCUT2D eigenvalue weighted by molar-refractivity contribution is 5.57. The number of halogens is 1. The molecule has 0 N–H and O–H groups in total. The molecule has 0 saturated carbocycles. The van der Waals surface area contributed by atoms with E-state index in [1.54, 1.807) is 12.1 Å². The van der Waals surface area contributed by atoms with E-state index in [1.807, 2.05) is 18.2 Å². The summed E-state index contributed by atoms with van der Waals surface area (Å²) >= 11 is 0. The van der Waals surface area contributed by atoms with Crippen LogP contribution in [0.4, 0.5) is 10.1 Å². The van der Waals surface area contributed by atoms with Crippen molar-refractivity contribution in [1.29, 1.82) is 0 Å². The molecule has 0 aromatic heterocycles. The molecular weight excluding hydrogens is 369 g/mol. The number of hydrogen-bond donors (Lipinski definition) is 0. The van der Waals surface area contributed by atoms with Gasteiger partial charge in [-0.05, 0) is 42.7 Å². The zero-order chi connectivity index (χ0) is 19.6. The maximum Gasteiger partial charge on any atom is 0.231 e. The van der Waals surface area contributed by atoms with E-state index >= 15 is 0 Å². The summed E-state index contributed by atoms with van der Waals surface area (Å²) in [5.74, 6) is 1.55. The lowest BCUT2D eigenvalue weighted by atomic mass is 10.0. The molecule has 3 aliphatic heterocycles. The van der Waals surface area contributed by atoms with Gasteiger partial charge in [-0.1, -0.05) is 12.1 Å². The van der Waals surface area contributed by atoms with E-state index < -0.39 is 0 Å². The fourth-order valence-corrected chi connectivity index (χ4v) is 4.71. The second-order valence-corrected chi connectivity index (χ2v) is 8.19. The van der Waals surface area contributed by atoms with Gasteiger partial charge in [-0.3, -0.25) is 9.80 Å². The van der Waals surface area contributed by atoms with Gasteiger partial charge in [0.25, 0.3) is 0 Å². The molecule has 5 rings (SSSR count). The molecule has 0 atom stereocenters. The van der Waals surface area contributed by atoms with Crippen LogP contribution < -0.4 is 14.4 Å². The van der Waals surface area contributed by atoms with Crippen molar-refractivity contribution in [1.82, 2.24) is 9.80 Å². The predicted octanol–water partition coefficient (Wildman–Crippen LogP) is 3.34. The molecule has 6 heteroatoms. The van der Waals surface area contributed by atoms with Crippen molar-refractivity contribution < 1.29 is 13.9 Å². The zero-order valence-corrected chi connectivity index (χ0v) is 16.7. The molecule has 0 amide bonds. The molecule has 3 heterocycles. The smallest absolute Gasteiger partial charge is 0.231 e. The van der Waals surface area contributed by atoms with E-state index in [9.17, 15) is 4.39 Å². The zero-order valence-electron chi connectivity index (χ0n) is 16.7. The summed E-state index contributed by atoms with van der Waals surface area (Å²) in [6.45, 7) is 7.82. The molecule has 0 spiro atoms. The van der Waals surface area contributed by atoms with E-state index in [0.29, 0.717) is 12.8 Å². The molecule has 2 aromatic rings. The maximum absolute atomic E-state index is 13.1. The summed E-state index contributed by atoms with van der Waals surface area (Å²) in [6, 6.07) is 13.8. The lowest BCUT2D eigenvalue weighted by Gasteiger charge is -2.43. The van der Waals surface area contributed by atoms with Crippen LogP contribution in [0, 0.1) is 5.82 Å². The first kappa shape index (κ1) is 18.7. The predicted molar refractivity (Wildman–Crippen MR) is 111 cm³/mol. The van der Waals surface area contributed by atoms with Gasteiger partial charge in [0.1, 0.15) is 5.82 Å². The summed E-state index contributed by atoms with van der Waals surface area (Å²) in [6.07, 6.45) is 2.40. The summed E-state index contributed by atoms with van der Waals surface area (Å²) in [5.41, 5.74) is 2.42. The van der Waals surface area contributed by atoms with Crippen LogP contribution in [0.1, 0.15) is 18.4 Å². The minimum Gasteiger partial charge on any atom is -0.454 e. The van der Waals surface area contributed by atoms with Crippen molar-refractivity contribution in [3.8, 4) is 11.5 Å². The number of nitrogens with zero attached hydrogens (tertiary/aromatic N) is 3. The van der Waals surface area contributed by atoms with Gasteiger partial charge >= 0.3 is 0 Å². The minimum absolute atomic E-state index is 0.161. The molecule has 154 valence electrons. The number of benzene rings is 2. The number of piperazine rings is 1. The summed E-state index contributed by atoms with van der Waals surface area (Å²) in [5, 5.41) is 0. The Labute approximate surface area is 171 Å². The molecule has 0 aliphatic carbocycles. The quantitative estimate of drug-likeness (QED) is 0.789. The average Bonchev–Trinajstić information content (AvgIpc) is 3.24. The van der Waals surface area contributed by atoms with Crippen molar-refractivity contribution in [2.45, 2.75) is 25.4 Å². The molecule has 2 saturated heterocycles. The Morgan fingerprint density at radius 3 is 2.31 bits per heavy atom. The van der Waals surface area contributed by atoms with Gasteiger partial charge in [-0.2, -0.15) is 0 Å². The highest BCUT2D eigenvalue weighted by Crippen LogP contribution is 2.36. The maximum atomic E-state index is 13.1. The monoisotopic (exact) mass is 397 g/mol. The number of rotatable bonds is 4. The van der Waals surface area contributed by atoms with Crippen LogP contribution in [0.25, 0.3) is 0 Å². The molecule has 0 unspecified atom stereocenters. The molecule has 2 aromatic carbocycles. The van der Waals surface area contributed by atoms with Crippen LogP contribution in [-0.4, -0.2) is 61.9 Å². The van der Waals surface area contributed by atoms with Crippen molar-refractivity contribution >= 4 is 5.69 Å². The molecule has 29 heavy (non-hydrogen) atoms. The Kier molecular flexibility index (Phi) is 5.29. The standard InChI is InChI=1S/C23H28FN3O2/c24-19-3-1-18(2-4-19)16-25-11-13-27(14-12-25)20-7-9-26(10-8-20)21-5-6-22-23(15-21)29-17-28-22/h1-6,15,20H,7-14,16-17H2. The fraction of sp³-hybridized carbons (Fsp3) is 0.478. The second-order valence-electron chi connectivity index (χ2n) is 8.19. The highest BCUT2D eigenvalue weighted by atomic mass is 19.1. The van der Waals surface area contributed by atoms with Gasteiger partial charge in [0.2, 0.25) is 6.79 Å².